The molecule has 0 aliphatic heterocycles. The van der Waals surface area contributed by atoms with Gasteiger partial charge in [0.05, 0.1) is 17.9 Å². The van der Waals surface area contributed by atoms with Crippen molar-refractivity contribution in [3.63, 3.8) is 0 Å². The number of carbonyl (C=O) groups excluding carboxylic acids is 1. The van der Waals surface area contributed by atoms with Crippen molar-refractivity contribution in [2.45, 2.75) is 20.3 Å². The number of nitrogens with one attached hydrogen (secondary N) is 1. The molecule has 0 unspecified atom stereocenters. The van der Waals surface area contributed by atoms with Crippen LogP contribution in [0.5, 0.6) is 5.75 Å². The summed E-state index contributed by atoms with van der Waals surface area (Å²) in [6.45, 7) is 4.68. The van der Waals surface area contributed by atoms with Gasteiger partial charge in [-0.15, -0.1) is 0 Å². The van der Waals surface area contributed by atoms with E-state index in [-0.39, 0.29) is 5.91 Å². The average molecular weight is 348 g/mol. The van der Waals surface area contributed by atoms with E-state index in [1.807, 2.05) is 43.3 Å². The molecule has 3 nitrogen and oxygen atoms in total. The maximum Gasteiger partial charge on any atom is 0.256 e. The minimum atomic E-state index is -0.160. The summed E-state index contributed by atoms with van der Waals surface area (Å²) in [5.41, 5.74) is 2.38. The minimum absolute atomic E-state index is 0.160. The van der Waals surface area contributed by atoms with E-state index in [0.29, 0.717) is 23.6 Å². The fraction of sp³-hybridized carbons (Fsp3) is 0.235. The summed E-state index contributed by atoms with van der Waals surface area (Å²) in [6.07, 6.45) is 0.922. The third-order valence-corrected chi connectivity index (χ3v) is 3.66. The summed E-state index contributed by atoms with van der Waals surface area (Å²) in [7, 11) is 0. The van der Waals surface area contributed by atoms with Gasteiger partial charge in [-0.25, -0.2) is 0 Å². The number of halogens is 1. The highest BCUT2D eigenvalue weighted by molar-refractivity contribution is 9.10. The lowest BCUT2D eigenvalue weighted by atomic mass is 10.2. The molecule has 0 spiro atoms. The molecule has 1 N–H and O–H groups in total. The van der Waals surface area contributed by atoms with Gasteiger partial charge < -0.3 is 10.1 Å². The summed E-state index contributed by atoms with van der Waals surface area (Å²) in [5, 5.41) is 2.91. The lowest BCUT2D eigenvalue weighted by molar-refractivity contribution is 0.102. The number of ether oxygens (including phenoxy) is 1. The third-order valence-electron chi connectivity index (χ3n) is 2.97. The maximum atomic E-state index is 12.3. The monoisotopic (exact) mass is 347 g/mol. The molecule has 0 heterocycles. The molecule has 110 valence electrons. The smallest absolute Gasteiger partial charge is 0.256 e. The van der Waals surface area contributed by atoms with Gasteiger partial charge in [-0.3, -0.25) is 4.79 Å². The van der Waals surface area contributed by atoms with Gasteiger partial charge in [0.15, 0.2) is 0 Å². The van der Waals surface area contributed by atoms with Crippen molar-refractivity contribution in [2.24, 2.45) is 0 Å². The van der Waals surface area contributed by atoms with Crippen LogP contribution in [0.4, 0.5) is 5.69 Å². The molecule has 1 amide bonds. The lowest BCUT2D eigenvalue weighted by Gasteiger charge is -2.13. The second-order valence-electron chi connectivity index (χ2n) is 4.78. The van der Waals surface area contributed by atoms with Crippen molar-refractivity contribution in [3.05, 3.63) is 58.1 Å². The van der Waals surface area contributed by atoms with Gasteiger partial charge in [0.2, 0.25) is 0 Å². The van der Waals surface area contributed by atoms with E-state index in [2.05, 4.69) is 28.2 Å². The van der Waals surface area contributed by atoms with Gasteiger partial charge >= 0.3 is 0 Å². The number of benzene rings is 2. The van der Waals surface area contributed by atoms with Crippen LogP contribution in [0.25, 0.3) is 0 Å². The van der Waals surface area contributed by atoms with Gasteiger partial charge in [-0.2, -0.15) is 0 Å². The molecule has 2 aromatic carbocycles. The highest BCUT2D eigenvalue weighted by Gasteiger charge is 2.12. The van der Waals surface area contributed by atoms with Crippen LogP contribution in [-0.2, 0) is 0 Å². The van der Waals surface area contributed by atoms with E-state index in [1.54, 1.807) is 6.07 Å². The summed E-state index contributed by atoms with van der Waals surface area (Å²) in [4.78, 5) is 12.3. The fourth-order valence-corrected chi connectivity index (χ4v) is 2.36. The van der Waals surface area contributed by atoms with Gasteiger partial charge in [-0.05, 0) is 59.1 Å². The van der Waals surface area contributed by atoms with E-state index in [1.165, 1.54) is 0 Å². The average Bonchev–Trinajstić information content (AvgIpc) is 2.47. The van der Waals surface area contributed by atoms with Crippen molar-refractivity contribution in [2.75, 3.05) is 11.9 Å². The Morgan fingerprint density at radius 1 is 1.24 bits per heavy atom. The van der Waals surface area contributed by atoms with E-state index < -0.39 is 0 Å². The van der Waals surface area contributed by atoms with Crippen LogP contribution in [0.15, 0.2) is 46.9 Å². The zero-order chi connectivity index (χ0) is 15.2. The molecule has 2 aromatic rings. The van der Waals surface area contributed by atoms with Crippen LogP contribution in [0.1, 0.15) is 29.3 Å². The van der Waals surface area contributed by atoms with Crippen LogP contribution in [0, 0.1) is 6.92 Å². The number of aryl methyl sites for hydroxylation is 1. The Kier molecular flexibility index (Phi) is 5.39. The molecule has 0 saturated heterocycles. The molecule has 0 aliphatic rings. The number of rotatable bonds is 5. The van der Waals surface area contributed by atoms with Crippen LogP contribution < -0.4 is 10.1 Å². The molecule has 0 aliphatic carbocycles. The van der Waals surface area contributed by atoms with Gasteiger partial charge in [-0.1, -0.05) is 25.1 Å². The summed E-state index contributed by atoms with van der Waals surface area (Å²) in [5.74, 6) is 0.546. The van der Waals surface area contributed by atoms with Gasteiger partial charge in [0, 0.05) is 4.47 Å². The fourth-order valence-electron chi connectivity index (χ4n) is 1.90. The Morgan fingerprint density at radius 2 is 2.00 bits per heavy atom. The number of hydrogen-bond acceptors (Lipinski definition) is 2. The van der Waals surface area contributed by atoms with Crippen molar-refractivity contribution >= 4 is 27.5 Å². The van der Waals surface area contributed by atoms with Crippen molar-refractivity contribution in [3.8, 4) is 5.75 Å². The molecule has 0 radical (unpaired) electrons. The normalized spacial score (nSPS) is 10.2. The zero-order valence-electron chi connectivity index (χ0n) is 12.2. The number of anilines is 1. The second kappa shape index (κ2) is 7.27. The topological polar surface area (TPSA) is 38.3 Å². The SMILES string of the molecule is CCCOc1cc(C)ccc1NC(=O)c1ccccc1Br. The highest BCUT2D eigenvalue weighted by atomic mass is 79.9. The second-order valence-corrected chi connectivity index (χ2v) is 5.64. The van der Waals surface area contributed by atoms with E-state index in [9.17, 15) is 4.79 Å². The first-order valence-electron chi connectivity index (χ1n) is 6.91. The molecule has 0 aromatic heterocycles. The summed E-state index contributed by atoms with van der Waals surface area (Å²) in [6, 6.07) is 13.1. The Hall–Kier alpha value is -1.81. The van der Waals surface area contributed by atoms with Crippen LogP contribution >= 0.6 is 15.9 Å². The van der Waals surface area contributed by atoms with Gasteiger partial charge in [0.25, 0.3) is 5.91 Å². The molecule has 4 heteroatoms. The zero-order valence-corrected chi connectivity index (χ0v) is 13.7. The molecule has 0 fully saturated rings. The molecule has 21 heavy (non-hydrogen) atoms. The predicted octanol–water partition coefficient (Wildman–Crippen LogP) is 4.80. The van der Waals surface area contributed by atoms with Crippen LogP contribution in [0.3, 0.4) is 0 Å². The number of amides is 1. The van der Waals surface area contributed by atoms with Crippen molar-refractivity contribution in [1.29, 1.82) is 0 Å². The highest BCUT2D eigenvalue weighted by Crippen LogP contribution is 2.27. The molecule has 2 rings (SSSR count). The Labute approximate surface area is 133 Å². The minimum Gasteiger partial charge on any atom is -0.491 e. The molecule has 0 saturated carbocycles. The summed E-state index contributed by atoms with van der Waals surface area (Å²) >= 11 is 3.39. The third kappa shape index (κ3) is 4.08. The Bertz CT molecular complexity index is 640. The molecule has 0 bridgehead atoms. The lowest BCUT2D eigenvalue weighted by Crippen LogP contribution is -2.13. The predicted molar refractivity (Wildman–Crippen MR) is 89.1 cm³/mol. The first-order valence-corrected chi connectivity index (χ1v) is 7.70. The number of hydrogen-bond donors (Lipinski definition) is 1. The maximum absolute atomic E-state index is 12.3. The molecular formula is C17H18BrNO2. The van der Waals surface area contributed by atoms with Crippen molar-refractivity contribution in [1.82, 2.24) is 0 Å². The van der Waals surface area contributed by atoms with Crippen molar-refractivity contribution < 1.29 is 9.53 Å². The number of carbonyl (C=O) groups is 1. The first-order chi connectivity index (χ1) is 10.1. The van der Waals surface area contributed by atoms with E-state index in [0.717, 1.165) is 16.5 Å². The van der Waals surface area contributed by atoms with Crippen LogP contribution in [0.2, 0.25) is 0 Å². The quantitative estimate of drug-likeness (QED) is 0.843. The standard InChI is InChI=1S/C17H18BrNO2/c1-3-10-21-16-11-12(2)8-9-15(16)19-17(20)13-6-4-5-7-14(13)18/h4-9,11H,3,10H2,1-2H3,(H,19,20). The first kappa shape index (κ1) is 15.6. The van der Waals surface area contributed by atoms with Crippen LogP contribution in [-0.4, -0.2) is 12.5 Å². The van der Waals surface area contributed by atoms with E-state index >= 15 is 0 Å². The van der Waals surface area contributed by atoms with E-state index in [4.69, 9.17) is 4.74 Å². The molecule has 0 atom stereocenters. The largest absolute Gasteiger partial charge is 0.491 e. The Balaban J connectivity index is 2.23. The van der Waals surface area contributed by atoms with Gasteiger partial charge in [0.1, 0.15) is 5.75 Å². The summed E-state index contributed by atoms with van der Waals surface area (Å²) < 4.78 is 6.48. The molecular weight excluding hydrogens is 330 g/mol. The Morgan fingerprint density at radius 3 is 2.71 bits per heavy atom.